The maximum absolute atomic E-state index is 12.8. The maximum Gasteiger partial charge on any atom is 0.307 e. The van der Waals surface area contributed by atoms with Crippen molar-refractivity contribution < 1.29 is 19.1 Å². The molecule has 1 heterocycles. The van der Waals surface area contributed by atoms with E-state index in [1.54, 1.807) is 6.92 Å². The van der Waals surface area contributed by atoms with Gasteiger partial charge in [-0.2, -0.15) is 0 Å². The summed E-state index contributed by atoms with van der Waals surface area (Å²) in [7, 11) is 0. The molecule has 4 aliphatic rings. The van der Waals surface area contributed by atoms with Crippen molar-refractivity contribution >= 4 is 17.5 Å². The molecule has 2 fully saturated rings. The van der Waals surface area contributed by atoms with Crippen LogP contribution in [0.15, 0.2) is 11.6 Å². The van der Waals surface area contributed by atoms with E-state index in [1.165, 1.54) is 0 Å². The number of carbonyl (C=O) groups excluding carboxylic acids is 3. The fourth-order valence-corrected chi connectivity index (χ4v) is 4.16. The van der Waals surface area contributed by atoms with E-state index in [-0.39, 0.29) is 35.3 Å². The average molecular weight is 262 g/mol. The summed E-state index contributed by atoms with van der Waals surface area (Å²) in [5, 5.41) is 0. The molecule has 0 aromatic rings. The molecular formula is C15H18O4. The number of hydrogen-bond donors (Lipinski definition) is 0. The fourth-order valence-electron chi connectivity index (χ4n) is 4.16. The second-order valence-electron chi connectivity index (χ2n) is 6.18. The Morgan fingerprint density at radius 3 is 2.63 bits per heavy atom. The van der Waals surface area contributed by atoms with Crippen LogP contribution < -0.4 is 0 Å². The molecule has 4 nitrogen and oxygen atoms in total. The standard InChI is InChI=1S/C15H18O4/c1-7-4-11-10(9(3)16)6-12(7)15(14(11)18)8(2)5-13(17)19-15/h4,8,10-12H,5-6H2,1-3H3/t8-,10-,11+,12+,15+/m0/s1. The molecule has 1 saturated heterocycles. The number of allylic oxidation sites excluding steroid dienone is 1. The van der Waals surface area contributed by atoms with Crippen molar-refractivity contribution in [2.24, 2.45) is 23.7 Å². The number of esters is 1. The first-order chi connectivity index (χ1) is 8.87. The van der Waals surface area contributed by atoms with Crippen LogP contribution in [0.4, 0.5) is 0 Å². The van der Waals surface area contributed by atoms with Crippen molar-refractivity contribution in [3.63, 3.8) is 0 Å². The normalized spacial score (nSPS) is 44.5. The molecule has 1 spiro atoms. The van der Waals surface area contributed by atoms with Gasteiger partial charge in [0, 0.05) is 23.7 Å². The lowest BCUT2D eigenvalue weighted by Gasteiger charge is -2.50. The first-order valence-electron chi connectivity index (χ1n) is 6.82. The van der Waals surface area contributed by atoms with Crippen LogP contribution in [-0.4, -0.2) is 23.1 Å². The molecule has 1 aliphatic heterocycles. The first kappa shape index (κ1) is 12.6. The summed E-state index contributed by atoms with van der Waals surface area (Å²) in [5.41, 5.74) is 0.0932. The van der Waals surface area contributed by atoms with Gasteiger partial charge >= 0.3 is 5.97 Å². The van der Waals surface area contributed by atoms with Crippen LogP contribution in [0.2, 0.25) is 0 Å². The lowest BCUT2D eigenvalue weighted by molar-refractivity contribution is -0.174. The smallest absolute Gasteiger partial charge is 0.307 e. The number of Topliss-reactive ketones (excluding diaryl/α,β-unsaturated/α-hetero) is 2. The molecular weight excluding hydrogens is 244 g/mol. The van der Waals surface area contributed by atoms with E-state index in [9.17, 15) is 14.4 Å². The van der Waals surface area contributed by atoms with Gasteiger partial charge in [-0.1, -0.05) is 18.6 Å². The predicted molar refractivity (Wildman–Crippen MR) is 67.1 cm³/mol. The minimum absolute atomic E-state index is 0.0546. The van der Waals surface area contributed by atoms with Gasteiger partial charge in [0.25, 0.3) is 0 Å². The number of rotatable bonds is 1. The third-order valence-corrected chi connectivity index (χ3v) is 5.13. The molecule has 0 unspecified atom stereocenters. The van der Waals surface area contributed by atoms with Crippen LogP contribution in [0, 0.1) is 23.7 Å². The highest BCUT2D eigenvalue weighted by atomic mass is 16.6. The van der Waals surface area contributed by atoms with Crippen LogP contribution in [-0.2, 0) is 19.1 Å². The zero-order valence-corrected chi connectivity index (χ0v) is 11.4. The Hall–Kier alpha value is -1.45. The zero-order valence-electron chi connectivity index (χ0n) is 11.4. The minimum atomic E-state index is -0.994. The first-order valence-corrected chi connectivity index (χ1v) is 6.82. The molecule has 4 heteroatoms. The van der Waals surface area contributed by atoms with Crippen LogP contribution >= 0.6 is 0 Å². The van der Waals surface area contributed by atoms with E-state index in [0.29, 0.717) is 12.8 Å². The molecule has 102 valence electrons. The average Bonchev–Trinajstić information content (AvgIpc) is 2.61. The van der Waals surface area contributed by atoms with Crippen LogP contribution in [0.25, 0.3) is 0 Å². The summed E-state index contributed by atoms with van der Waals surface area (Å²) in [5.74, 6) is -1.17. The molecule has 5 atom stereocenters. The second-order valence-corrected chi connectivity index (χ2v) is 6.18. The van der Waals surface area contributed by atoms with E-state index < -0.39 is 11.5 Å². The van der Waals surface area contributed by atoms with Gasteiger partial charge in [0.2, 0.25) is 0 Å². The second kappa shape index (κ2) is 3.78. The molecule has 4 rings (SSSR count). The summed E-state index contributed by atoms with van der Waals surface area (Å²) in [6.45, 7) is 5.42. The molecule has 0 radical (unpaired) electrons. The van der Waals surface area contributed by atoms with Crippen LogP contribution in [0.1, 0.15) is 33.6 Å². The largest absolute Gasteiger partial charge is 0.450 e. The van der Waals surface area contributed by atoms with Gasteiger partial charge in [0.1, 0.15) is 5.78 Å². The van der Waals surface area contributed by atoms with Crippen molar-refractivity contribution in [1.29, 1.82) is 0 Å². The highest BCUT2D eigenvalue weighted by molar-refractivity contribution is 6.01. The van der Waals surface area contributed by atoms with Crippen LogP contribution in [0.3, 0.4) is 0 Å². The minimum Gasteiger partial charge on any atom is -0.450 e. The van der Waals surface area contributed by atoms with Gasteiger partial charge in [0.05, 0.1) is 6.42 Å². The van der Waals surface area contributed by atoms with Crippen molar-refractivity contribution in [2.45, 2.75) is 39.2 Å². The summed E-state index contributed by atoms with van der Waals surface area (Å²) >= 11 is 0. The number of fused-ring (bicyclic) bond motifs is 1. The van der Waals surface area contributed by atoms with Gasteiger partial charge in [-0.3, -0.25) is 14.4 Å². The molecule has 1 saturated carbocycles. The third kappa shape index (κ3) is 1.43. The van der Waals surface area contributed by atoms with E-state index in [4.69, 9.17) is 4.74 Å². The number of hydrogen-bond acceptors (Lipinski definition) is 4. The quantitative estimate of drug-likeness (QED) is 0.533. The molecule has 3 aliphatic carbocycles. The third-order valence-electron chi connectivity index (χ3n) is 5.13. The number of ketones is 2. The Balaban J connectivity index is 2.09. The summed E-state index contributed by atoms with van der Waals surface area (Å²) in [4.78, 5) is 36.1. The summed E-state index contributed by atoms with van der Waals surface area (Å²) in [6.07, 6.45) is 2.84. The van der Waals surface area contributed by atoms with E-state index in [1.807, 2.05) is 19.9 Å². The van der Waals surface area contributed by atoms with Crippen molar-refractivity contribution in [3.8, 4) is 0 Å². The Bertz CT molecular complexity index is 518. The van der Waals surface area contributed by atoms with Crippen molar-refractivity contribution in [1.82, 2.24) is 0 Å². The van der Waals surface area contributed by atoms with Gasteiger partial charge in [-0.15, -0.1) is 0 Å². The Morgan fingerprint density at radius 2 is 2.11 bits per heavy atom. The number of ether oxygens (including phenoxy) is 1. The molecule has 19 heavy (non-hydrogen) atoms. The Morgan fingerprint density at radius 1 is 1.42 bits per heavy atom. The van der Waals surface area contributed by atoms with Crippen molar-refractivity contribution in [2.75, 3.05) is 0 Å². The Labute approximate surface area is 112 Å². The SMILES string of the molecule is CC(=O)[C@@H]1C[C@@H]2C(C)=C[C@H]1C(=O)[C@]21OC(=O)C[C@@H]1C. The van der Waals surface area contributed by atoms with Gasteiger partial charge < -0.3 is 4.74 Å². The summed E-state index contributed by atoms with van der Waals surface area (Å²) in [6, 6.07) is 0. The zero-order chi connectivity index (χ0) is 13.9. The highest BCUT2D eigenvalue weighted by Crippen LogP contribution is 2.55. The van der Waals surface area contributed by atoms with E-state index in [0.717, 1.165) is 5.57 Å². The maximum atomic E-state index is 12.8. The lowest BCUT2D eigenvalue weighted by atomic mass is 9.54. The molecule has 0 aromatic heterocycles. The van der Waals surface area contributed by atoms with Gasteiger partial charge in [-0.05, 0) is 20.3 Å². The predicted octanol–water partition coefficient (Wildman–Crippen LogP) is 1.68. The van der Waals surface area contributed by atoms with Crippen LogP contribution in [0.5, 0.6) is 0 Å². The highest BCUT2D eigenvalue weighted by Gasteiger charge is 2.65. The van der Waals surface area contributed by atoms with Crippen molar-refractivity contribution in [3.05, 3.63) is 11.6 Å². The molecule has 0 amide bonds. The fraction of sp³-hybridized carbons (Fsp3) is 0.667. The molecule has 2 bridgehead atoms. The van der Waals surface area contributed by atoms with E-state index >= 15 is 0 Å². The lowest BCUT2D eigenvalue weighted by Crippen LogP contribution is -2.61. The molecule has 0 aromatic carbocycles. The van der Waals surface area contributed by atoms with E-state index in [2.05, 4.69) is 0 Å². The topological polar surface area (TPSA) is 60.4 Å². The number of carbonyl (C=O) groups is 3. The summed E-state index contributed by atoms with van der Waals surface area (Å²) < 4.78 is 5.51. The monoisotopic (exact) mass is 262 g/mol. The van der Waals surface area contributed by atoms with Gasteiger partial charge in [0.15, 0.2) is 11.4 Å². The Kier molecular flexibility index (Phi) is 2.50. The molecule has 0 N–H and O–H groups in total. The van der Waals surface area contributed by atoms with Gasteiger partial charge in [-0.25, -0.2) is 0 Å².